The van der Waals surface area contributed by atoms with Gasteiger partial charge in [0, 0.05) is 38.1 Å². The number of amides is 2. The molecule has 1 aliphatic heterocycles. The number of aryl methyl sites for hydroxylation is 1. The summed E-state index contributed by atoms with van der Waals surface area (Å²) in [4.78, 5) is 41.8. The molecular formula is C28H33N5O4S. The molecule has 0 spiro atoms. The number of carbonyl (C=O) groups is 2. The molecule has 200 valence electrons. The lowest BCUT2D eigenvalue weighted by atomic mass is 10.0. The number of nitrogens with one attached hydrogen (secondary N) is 1. The third-order valence-corrected chi connectivity index (χ3v) is 8.84. The van der Waals surface area contributed by atoms with Crippen LogP contribution in [0.25, 0.3) is 22.6 Å². The zero-order valence-corrected chi connectivity index (χ0v) is 23.4. The SMILES string of the molecule is Cc1nc(-c2cc(-c3cc4c(c(S(C)(=O)=O)c3)C(=O)N([C@@H](C)C3CC3)C4)ccn2)[nH]c1C(=O)N(C)C(C)C. The summed E-state index contributed by atoms with van der Waals surface area (Å²) in [6.45, 7) is 8.09. The van der Waals surface area contributed by atoms with Crippen LogP contribution in [-0.2, 0) is 16.4 Å². The number of fused-ring (bicyclic) bond motifs is 1. The van der Waals surface area contributed by atoms with Gasteiger partial charge in [-0.3, -0.25) is 14.6 Å². The number of pyridine rings is 1. The van der Waals surface area contributed by atoms with E-state index in [1.165, 1.54) is 0 Å². The van der Waals surface area contributed by atoms with E-state index in [0.717, 1.165) is 30.2 Å². The van der Waals surface area contributed by atoms with Crippen molar-refractivity contribution in [2.45, 2.75) is 64.1 Å². The lowest BCUT2D eigenvalue weighted by Crippen LogP contribution is -2.35. The highest BCUT2D eigenvalue weighted by molar-refractivity contribution is 7.90. The van der Waals surface area contributed by atoms with Gasteiger partial charge in [-0.05, 0) is 87.4 Å². The molecule has 10 heteroatoms. The Hall–Kier alpha value is -3.53. The van der Waals surface area contributed by atoms with Gasteiger partial charge in [0.2, 0.25) is 0 Å². The van der Waals surface area contributed by atoms with Crippen LogP contribution in [0.3, 0.4) is 0 Å². The number of benzene rings is 1. The molecule has 2 aromatic heterocycles. The monoisotopic (exact) mass is 535 g/mol. The maximum absolute atomic E-state index is 13.3. The fraction of sp³-hybridized carbons (Fsp3) is 0.429. The number of hydrogen-bond acceptors (Lipinski definition) is 6. The molecule has 0 radical (unpaired) electrons. The first kappa shape index (κ1) is 26.1. The first-order chi connectivity index (χ1) is 17.9. The molecule has 1 atom stereocenters. The van der Waals surface area contributed by atoms with Crippen LogP contribution in [0.4, 0.5) is 0 Å². The van der Waals surface area contributed by atoms with Crippen molar-refractivity contribution >= 4 is 21.7 Å². The van der Waals surface area contributed by atoms with Crippen LogP contribution in [0, 0.1) is 12.8 Å². The quantitative estimate of drug-likeness (QED) is 0.487. The van der Waals surface area contributed by atoms with Gasteiger partial charge >= 0.3 is 0 Å². The van der Waals surface area contributed by atoms with Crippen molar-refractivity contribution in [3.05, 3.63) is 53.0 Å². The van der Waals surface area contributed by atoms with Crippen LogP contribution in [0.15, 0.2) is 35.4 Å². The normalized spacial score (nSPS) is 16.2. The van der Waals surface area contributed by atoms with E-state index in [0.29, 0.717) is 40.9 Å². The molecule has 3 aromatic rings. The van der Waals surface area contributed by atoms with Crippen molar-refractivity contribution in [3.8, 4) is 22.6 Å². The minimum atomic E-state index is -3.66. The van der Waals surface area contributed by atoms with Gasteiger partial charge in [0.05, 0.1) is 16.2 Å². The smallest absolute Gasteiger partial charge is 0.272 e. The van der Waals surface area contributed by atoms with Gasteiger partial charge in [0.15, 0.2) is 15.7 Å². The third kappa shape index (κ3) is 4.62. The van der Waals surface area contributed by atoms with Gasteiger partial charge in [-0.1, -0.05) is 0 Å². The number of carbonyl (C=O) groups excluding carboxylic acids is 2. The van der Waals surface area contributed by atoms with Crippen LogP contribution in [-0.4, -0.2) is 70.4 Å². The predicted octanol–water partition coefficient (Wildman–Crippen LogP) is 4.09. The first-order valence-electron chi connectivity index (χ1n) is 12.8. The van der Waals surface area contributed by atoms with Crippen molar-refractivity contribution in [1.82, 2.24) is 24.8 Å². The molecule has 1 aromatic carbocycles. The Morgan fingerprint density at radius 1 is 1.16 bits per heavy atom. The van der Waals surface area contributed by atoms with Crippen molar-refractivity contribution in [1.29, 1.82) is 0 Å². The summed E-state index contributed by atoms with van der Waals surface area (Å²) in [6.07, 6.45) is 4.96. The number of H-pyrrole nitrogens is 1. The fourth-order valence-corrected chi connectivity index (χ4v) is 5.93. The minimum Gasteiger partial charge on any atom is -0.338 e. The molecule has 2 amide bonds. The first-order valence-corrected chi connectivity index (χ1v) is 14.7. The Morgan fingerprint density at radius 2 is 1.87 bits per heavy atom. The summed E-state index contributed by atoms with van der Waals surface area (Å²) >= 11 is 0. The lowest BCUT2D eigenvalue weighted by Gasteiger charge is -2.24. The molecule has 9 nitrogen and oxygen atoms in total. The van der Waals surface area contributed by atoms with E-state index in [-0.39, 0.29) is 34.4 Å². The van der Waals surface area contributed by atoms with Crippen LogP contribution in [0.2, 0.25) is 0 Å². The second-order valence-electron chi connectivity index (χ2n) is 10.8. The molecule has 0 unspecified atom stereocenters. The summed E-state index contributed by atoms with van der Waals surface area (Å²) < 4.78 is 25.6. The molecule has 1 saturated carbocycles. The summed E-state index contributed by atoms with van der Waals surface area (Å²) in [5.74, 6) is 0.565. The van der Waals surface area contributed by atoms with E-state index < -0.39 is 9.84 Å². The highest BCUT2D eigenvalue weighted by Crippen LogP contribution is 2.41. The van der Waals surface area contributed by atoms with Gasteiger partial charge in [-0.2, -0.15) is 0 Å². The standard InChI is InChI=1S/C28H33N5O4S/c1-15(2)32(5)28(35)25-16(3)30-26(31-25)22-12-19(9-10-29-22)20-11-21-14-33(17(4)18-7-8-18)27(34)24(21)23(13-20)38(6,36)37/h9-13,15,17-18H,7-8,14H2,1-6H3,(H,30,31)/t17-/m0/s1. The van der Waals surface area contributed by atoms with E-state index in [4.69, 9.17) is 0 Å². The van der Waals surface area contributed by atoms with Crippen molar-refractivity contribution < 1.29 is 18.0 Å². The van der Waals surface area contributed by atoms with E-state index in [1.54, 1.807) is 42.1 Å². The second-order valence-corrected chi connectivity index (χ2v) is 12.8. The third-order valence-electron chi connectivity index (χ3n) is 7.72. The Bertz CT molecular complexity index is 1560. The van der Waals surface area contributed by atoms with Crippen molar-refractivity contribution in [2.24, 2.45) is 5.92 Å². The Kier molecular flexibility index (Phi) is 6.41. The Morgan fingerprint density at radius 3 is 2.50 bits per heavy atom. The number of rotatable bonds is 7. The summed E-state index contributed by atoms with van der Waals surface area (Å²) in [7, 11) is -1.91. The maximum Gasteiger partial charge on any atom is 0.272 e. The molecule has 0 saturated heterocycles. The second kappa shape index (κ2) is 9.34. The molecule has 0 bridgehead atoms. The van der Waals surface area contributed by atoms with Gasteiger partial charge in [0.1, 0.15) is 11.4 Å². The van der Waals surface area contributed by atoms with E-state index >= 15 is 0 Å². The topological polar surface area (TPSA) is 116 Å². The van der Waals surface area contributed by atoms with Crippen LogP contribution in [0.1, 0.15) is 65.7 Å². The van der Waals surface area contributed by atoms with E-state index in [2.05, 4.69) is 15.0 Å². The summed E-state index contributed by atoms with van der Waals surface area (Å²) in [5, 5.41) is 0. The highest BCUT2D eigenvalue weighted by Gasteiger charge is 2.40. The Labute approximate surface area is 223 Å². The number of aromatic amines is 1. The zero-order chi connectivity index (χ0) is 27.5. The molecule has 5 rings (SSSR count). The molecule has 1 fully saturated rings. The lowest BCUT2D eigenvalue weighted by molar-refractivity contribution is 0.0693. The van der Waals surface area contributed by atoms with Gasteiger partial charge in [-0.25, -0.2) is 13.4 Å². The molecule has 3 heterocycles. The number of aromatic nitrogens is 3. The van der Waals surface area contributed by atoms with E-state index in [1.807, 2.05) is 32.9 Å². The van der Waals surface area contributed by atoms with Crippen molar-refractivity contribution in [3.63, 3.8) is 0 Å². The molecule has 38 heavy (non-hydrogen) atoms. The maximum atomic E-state index is 13.3. The zero-order valence-electron chi connectivity index (χ0n) is 22.6. The summed E-state index contributed by atoms with van der Waals surface area (Å²) in [6, 6.07) is 7.21. The molecular weight excluding hydrogens is 502 g/mol. The van der Waals surface area contributed by atoms with Gasteiger partial charge < -0.3 is 14.8 Å². The minimum absolute atomic E-state index is 0.0361. The van der Waals surface area contributed by atoms with Gasteiger partial charge in [0.25, 0.3) is 11.8 Å². The van der Waals surface area contributed by atoms with Gasteiger partial charge in [-0.15, -0.1) is 0 Å². The number of imidazole rings is 1. The van der Waals surface area contributed by atoms with Crippen LogP contribution in [0.5, 0.6) is 0 Å². The average molecular weight is 536 g/mol. The molecule has 1 N–H and O–H groups in total. The van der Waals surface area contributed by atoms with Crippen LogP contribution >= 0.6 is 0 Å². The Balaban J connectivity index is 1.54. The van der Waals surface area contributed by atoms with Crippen molar-refractivity contribution in [2.75, 3.05) is 13.3 Å². The average Bonchev–Trinajstić information content (AvgIpc) is 3.58. The predicted molar refractivity (Wildman–Crippen MR) is 144 cm³/mol. The number of nitrogens with zero attached hydrogens (tertiary/aromatic N) is 4. The molecule has 2 aliphatic rings. The van der Waals surface area contributed by atoms with Crippen LogP contribution < -0.4 is 0 Å². The fourth-order valence-electron chi connectivity index (χ4n) is 5.00. The number of hydrogen-bond donors (Lipinski definition) is 1. The van der Waals surface area contributed by atoms with E-state index in [9.17, 15) is 18.0 Å². The summed E-state index contributed by atoms with van der Waals surface area (Å²) in [5.41, 5.74) is 3.94. The molecule has 1 aliphatic carbocycles. The largest absolute Gasteiger partial charge is 0.338 e. The number of sulfone groups is 1. The highest BCUT2D eigenvalue weighted by atomic mass is 32.2.